The van der Waals surface area contributed by atoms with Crippen molar-refractivity contribution < 1.29 is 4.39 Å². The van der Waals surface area contributed by atoms with E-state index in [1.54, 1.807) is 16.8 Å². The van der Waals surface area contributed by atoms with Crippen LogP contribution in [0, 0.1) is 18.7 Å². The van der Waals surface area contributed by atoms with Crippen molar-refractivity contribution in [2.24, 2.45) is 5.92 Å². The topological polar surface area (TPSA) is 34.0 Å². The number of nitrogens with zero attached hydrogens (tertiary/aromatic N) is 4. The summed E-state index contributed by atoms with van der Waals surface area (Å²) in [6.45, 7) is 4.87. The second-order valence-corrected chi connectivity index (χ2v) is 8.75. The fraction of sp³-hybridized carbons (Fsp3) is 0.391. The molecule has 2 aromatic carbocycles. The molecule has 4 rings (SSSR count). The lowest BCUT2D eigenvalue weighted by Gasteiger charge is -2.31. The van der Waals surface area contributed by atoms with Gasteiger partial charge in [0.1, 0.15) is 11.6 Å². The molecule has 1 aliphatic rings. The van der Waals surface area contributed by atoms with Crippen molar-refractivity contribution >= 4 is 41.6 Å². The van der Waals surface area contributed by atoms with E-state index in [9.17, 15) is 4.39 Å². The minimum Gasteiger partial charge on any atom is -0.332 e. The summed E-state index contributed by atoms with van der Waals surface area (Å²) in [7, 11) is 0. The van der Waals surface area contributed by atoms with Crippen LogP contribution >= 0.6 is 35.6 Å². The molecule has 1 aliphatic carbocycles. The molecule has 0 amide bonds. The van der Waals surface area contributed by atoms with Gasteiger partial charge >= 0.3 is 0 Å². The molecule has 0 aliphatic heterocycles. The van der Waals surface area contributed by atoms with E-state index >= 15 is 0 Å². The van der Waals surface area contributed by atoms with Gasteiger partial charge in [0.25, 0.3) is 0 Å². The molecular weight excluding hydrogens is 458 g/mol. The Balaban J connectivity index is 0.00000272. The molecule has 166 valence electrons. The maximum absolute atomic E-state index is 13.5. The smallest absolute Gasteiger partial charge is 0.245 e. The fourth-order valence-corrected chi connectivity index (χ4v) is 4.30. The van der Waals surface area contributed by atoms with Crippen LogP contribution in [0.1, 0.15) is 50.0 Å². The van der Waals surface area contributed by atoms with E-state index in [1.165, 1.54) is 25.0 Å². The first kappa shape index (κ1) is 23.8. The van der Waals surface area contributed by atoms with Gasteiger partial charge in [-0.25, -0.2) is 9.07 Å². The van der Waals surface area contributed by atoms with Gasteiger partial charge in [0.05, 0.1) is 16.8 Å². The summed E-state index contributed by atoms with van der Waals surface area (Å²) >= 11 is 12.5. The van der Waals surface area contributed by atoms with E-state index in [1.807, 2.05) is 25.1 Å². The van der Waals surface area contributed by atoms with Crippen LogP contribution in [0.15, 0.2) is 42.5 Å². The van der Waals surface area contributed by atoms with E-state index in [0.29, 0.717) is 21.9 Å². The fourth-order valence-electron chi connectivity index (χ4n) is 3.81. The van der Waals surface area contributed by atoms with Gasteiger partial charge in [0.2, 0.25) is 5.95 Å². The molecular formula is C23H26Cl3FN4. The molecule has 31 heavy (non-hydrogen) atoms. The van der Waals surface area contributed by atoms with Crippen molar-refractivity contribution in [2.75, 3.05) is 11.4 Å². The molecule has 1 atom stereocenters. The van der Waals surface area contributed by atoms with Gasteiger partial charge in [-0.2, -0.15) is 4.98 Å². The van der Waals surface area contributed by atoms with Gasteiger partial charge in [0, 0.05) is 11.6 Å². The van der Waals surface area contributed by atoms with Crippen LogP contribution in [0.25, 0.3) is 5.69 Å². The summed E-state index contributed by atoms with van der Waals surface area (Å²) in [5, 5.41) is 5.92. The monoisotopic (exact) mass is 482 g/mol. The third kappa shape index (κ3) is 5.51. The highest BCUT2D eigenvalue weighted by Crippen LogP contribution is 2.41. The molecule has 0 N–H and O–H groups in total. The molecule has 1 saturated carbocycles. The summed E-state index contributed by atoms with van der Waals surface area (Å²) in [4.78, 5) is 7.02. The molecule has 0 unspecified atom stereocenters. The van der Waals surface area contributed by atoms with E-state index in [-0.39, 0.29) is 24.3 Å². The summed E-state index contributed by atoms with van der Waals surface area (Å²) in [6.07, 6.45) is 4.47. The first-order valence-corrected chi connectivity index (χ1v) is 11.1. The normalized spacial score (nSPS) is 14.2. The Morgan fingerprint density at radius 1 is 1.16 bits per heavy atom. The Morgan fingerprint density at radius 3 is 2.48 bits per heavy atom. The average molecular weight is 484 g/mol. The molecule has 0 saturated heterocycles. The quantitative estimate of drug-likeness (QED) is 0.340. The van der Waals surface area contributed by atoms with Crippen molar-refractivity contribution in [3.8, 4) is 5.69 Å². The van der Waals surface area contributed by atoms with Crippen molar-refractivity contribution in [3.05, 3.63) is 69.7 Å². The number of benzene rings is 2. The van der Waals surface area contributed by atoms with Crippen LogP contribution in [0.2, 0.25) is 10.0 Å². The number of aryl methyl sites for hydroxylation is 1. The zero-order chi connectivity index (χ0) is 21.3. The van der Waals surface area contributed by atoms with Crippen LogP contribution < -0.4 is 4.90 Å². The molecule has 1 fully saturated rings. The second kappa shape index (κ2) is 10.2. The van der Waals surface area contributed by atoms with Crippen LogP contribution in [-0.4, -0.2) is 21.3 Å². The minimum atomic E-state index is -0.221. The molecule has 8 heteroatoms. The molecule has 1 heterocycles. The summed E-state index contributed by atoms with van der Waals surface area (Å²) in [5.74, 6) is 1.89. The van der Waals surface area contributed by atoms with E-state index < -0.39 is 0 Å². The van der Waals surface area contributed by atoms with Gasteiger partial charge in [-0.3, -0.25) is 0 Å². The van der Waals surface area contributed by atoms with Gasteiger partial charge in [-0.15, -0.1) is 17.5 Å². The van der Waals surface area contributed by atoms with Crippen LogP contribution in [0.3, 0.4) is 0 Å². The standard InChI is InChI=1S/C23H25Cl2FN4.ClH/c1-3-12-29(22(13-16-4-5-16)17-6-9-19(26)10-7-17)23-27-15(2)30(28-23)21-11-8-18(24)14-20(21)25;/h6-11,14,16,22H,3-5,12-13H2,1-2H3;1H/t22-;/m0./s1. The first-order chi connectivity index (χ1) is 14.5. The highest BCUT2D eigenvalue weighted by Gasteiger charge is 2.31. The van der Waals surface area contributed by atoms with Gasteiger partial charge in [-0.05, 0) is 61.6 Å². The maximum Gasteiger partial charge on any atom is 0.245 e. The van der Waals surface area contributed by atoms with Gasteiger partial charge in [-0.1, -0.05) is 55.1 Å². The van der Waals surface area contributed by atoms with Crippen molar-refractivity contribution in [2.45, 2.75) is 45.6 Å². The number of hydrogen-bond donors (Lipinski definition) is 0. The number of halogens is 4. The third-order valence-corrected chi connectivity index (χ3v) is 6.04. The highest BCUT2D eigenvalue weighted by molar-refractivity contribution is 6.35. The molecule has 0 bridgehead atoms. The number of aromatic nitrogens is 3. The third-order valence-electron chi connectivity index (χ3n) is 5.50. The lowest BCUT2D eigenvalue weighted by atomic mass is 9.99. The van der Waals surface area contributed by atoms with Crippen LogP contribution in [0.5, 0.6) is 0 Å². The molecule has 4 nitrogen and oxygen atoms in total. The second-order valence-electron chi connectivity index (χ2n) is 7.91. The molecule has 0 spiro atoms. The SMILES string of the molecule is CCCN(c1nc(C)n(-c2ccc(Cl)cc2Cl)n1)[C@@H](CC1CC1)c1ccc(F)cc1.Cl. The Kier molecular flexibility index (Phi) is 7.84. The number of anilines is 1. The zero-order valence-corrected chi connectivity index (χ0v) is 19.9. The first-order valence-electron chi connectivity index (χ1n) is 10.4. The van der Waals surface area contributed by atoms with E-state index in [4.69, 9.17) is 33.3 Å². The van der Waals surface area contributed by atoms with Gasteiger partial charge < -0.3 is 4.90 Å². The van der Waals surface area contributed by atoms with Crippen molar-refractivity contribution in [1.29, 1.82) is 0 Å². The predicted molar refractivity (Wildman–Crippen MR) is 127 cm³/mol. The Bertz CT molecular complexity index is 1020. The Morgan fingerprint density at radius 2 is 1.87 bits per heavy atom. The van der Waals surface area contributed by atoms with Crippen molar-refractivity contribution in [3.63, 3.8) is 0 Å². The zero-order valence-electron chi connectivity index (χ0n) is 17.6. The van der Waals surface area contributed by atoms with E-state index in [2.05, 4.69) is 11.8 Å². The molecule has 1 aromatic heterocycles. The van der Waals surface area contributed by atoms with Crippen molar-refractivity contribution in [1.82, 2.24) is 14.8 Å². The number of rotatable bonds is 8. The Labute approximate surface area is 198 Å². The van der Waals surface area contributed by atoms with E-state index in [0.717, 1.165) is 36.5 Å². The number of hydrogen-bond acceptors (Lipinski definition) is 3. The average Bonchev–Trinajstić information content (AvgIpc) is 3.46. The lowest BCUT2D eigenvalue weighted by molar-refractivity contribution is 0.525. The van der Waals surface area contributed by atoms with Crippen LogP contribution in [-0.2, 0) is 0 Å². The summed E-state index contributed by atoms with van der Waals surface area (Å²) < 4.78 is 15.3. The minimum absolute atomic E-state index is 0. The Hall–Kier alpha value is -1.82. The molecule has 0 radical (unpaired) electrons. The summed E-state index contributed by atoms with van der Waals surface area (Å²) in [5.41, 5.74) is 1.84. The lowest BCUT2D eigenvalue weighted by Crippen LogP contribution is -2.31. The summed E-state index contributed by atoms with van der Waals surface area (Å²) in [6, 6.07) is 12.3. The largest absolute Gasteiger partial charge is 0.332 e. The van der Waals surface area contributed by atoms with Crippen LogP contribution in [0.4, 0.5) is 10.3 Å². The van der Waals surface area contributed by atoms with Gasteiger partial charge in [0.15, 0.2) is 0 Å². The molecule has 3 aromatic rings. The predicted octanol–water partition coefficient (Wildman–Crippen LogP) is 7.20. The highest BCUT2D eigenvalue weighted by atomic mass is 35.5. The maximum atomic E-state index is 13.5.